The Bertz CT molecular complexity index is 639. The second kappa shape index (κ2) is 9.33. The summed E-state index contributed by atoms with van der Waals surface area (Å²) in [6, 6.07) is 15.1. The van der Waals surface area contributed by atoms with Gasteiger partial charge in [0.1, 0.15) is 12.4 Å². The van der Waals surface area contributed by atoms with Gasteiger partial charge in [-0.3, -0.25) is 0 Å². The van der Waals surface area contributed by atoms with Crippen molar-refractivity contribution in [1.82, 2.24) is 5.32 Å². The van der Waals surface area contributed by atoms with Crippen molar-refractivity contribution >= 4 is 5.69 Å². The summed E-state index contributed by atoms with van der Waals surface area (Å²) in [5.74, 6) is 0.762. The largest absolute Gasteiger partial charge is 0.487 e. The van der Waals surface area contributed by atoms with E-state index in [-0.39, 0.29) is 0 Å². The van der Waals surface area contributed by atoms with E-state index >= 15 is 0 Å². The van der Waals surface area contributed by atoms with Crippen LogP contribution in [0.25, 0.3) is 0 Å². The summed E-state index contributed by atoms with van der Waals surface area (Å²) in [7, 11) is 0. The van der Waals surface area contributed by atoms with Gasteiger partial charge >= 0.3 is 0 Å². The first kappa shape index (κ1) is 18.3. The summed E-state index contributed by atoms with van der Waals surface area (Å²) in [6.45, 7) is 8.10. The number of nitrogens with two attached hydrogens (primary N) is 1. The van der Waals surface area contributed by atoms with E-state index in [0.29, 0.717) is 12.6 Å². The number of hydrogen-bond donors (Lipinski definition) is 2. The fourth-order valence-electron chi connectivity index (χ4n) is 2.63. The van der Waals surface area contributed by atoms with Crippen LogP contribution in [0, 0.1) is 6.92 Å². The van der Waals surface area contributed by atoms with E-state index in [1.165, 1.54) is 17.5 Å². The quantitative estimate of drug-likeness (QED) is 0.528. The van der Waals surface area contributed by atoms with E-state index < -0.39 is 0 Å². The Morgan fingerprint density at radius 1 is 1.12 bits per heavy atom. The highest BCUT2D eigenvalue weighted by Crippen LogP contribution is 2.24. The second-order valence-corrected chi connectivity index (χ2v) is 6.52. The van der Waals surface area contributed by atoms with Crippen LogP contribution in [0.4, 0.5) is 5.69 Å². The fourth-order valence-corrected chi connectivity index (χ4v) is 2.63. The number of nitrogens with one attached hydrogen (secondary N) is 1. The molecule has 0 saturated heterocycles. The van der Waals surface area contributed by atoms with Gasteiger partial charge in [0.15, 0.2) is 0 Å². The van der Waals surface area contributed by atoms with Gasteiger partial charge in [0.05, 0.1) is 5.69 Å². The molecule has 0 bridgehead atoms. The minimum Gasteiger partial charge on any atom is -0.487 e. The molecule has 24 heavy (non-hydrogen) atoms. The van der Waals surface area contributed by atoms with Crippen molar-refractivity contribution in [3.63, 3.8) is 0 Å². The normalized spacial score (nSPS) is 12.1. The van der Waals surface area contributed by atoms with Crippen LogP contribution in [0.5, 0.6) is 5.75 Å². The summed E-state index contributed by atoms with van der Waals surface area (Å²) in [5, 5.41) is 3.52. The molecule has 0 aliphatic heterocycles. The molecule has 0 radical (unpaired) electrons. The van der Waals surface area contributed by atoms with Crippen molar-refractivity contribution < 1.29 is 4.74 Å². The molecule has 0 aliphatic carbocycles. The molecule has 3 nitrogen and oxygen atoms in total. The molecular weight excluding hydrogens is 296 g/mol. The Morgan fingerprint density at radius 3 is 2.67 bits per heavy atom. The van der Waals surface area contributed by atoms with E-state index in [1.807, 2.05) is 18.2 Å². The zero-order chi connectivity index (χ0) is 17.4. The summed E-state index contributed by atoms with van der Waals surface area (Å²) in [4.78, 5) is 0. The highest BCUT2D eigenvalue weighted by molar-refractivity contribution is 5.54. The third-order valence-corrected chi connectivity index (χ3v) is 4.30. The van der Waals surface area contributed by atoms with Crippen LogP contribution in [0.15, 0.2) is 42.5 Å². The number of aryl methyl sites for hydroxylation is 2. The molecule has 0 saturated carbocycles. The molecule has 0 fully saturated rings. The van der Waals surface area contributed by atoms with Crippen molar-refractivity contribution in [2.24, 2.45) is 0 Å². The van der Waals surface area contributed by atoms with Crippen LogP contribution in [-0.2, 0) is 13.0 Å². The van der Waals surface area contributed by atoms with Gasteiger partial charge in [0.2, 0.25) is 0 Å². The smallest absolute Gasteiger partial charge is 0.142 e. The van der Waals surface area contributed by atoms with E-state index in [0.717, 1.165) is 36.4 Å². The lowest BCUT2D eigenvalue weighted by Gasteiger charge is -2.12. The zero-order valence-electron chi connectivity index (χ0n) is 15.1. The van der Waals surface area contributed by atoms with Gasteiger partial charge < -0.3 is 15.8 Å². The van der Waals surface area contributed by atoms with E-state index in [9.17, 15) is 0 Å². The molecule has 2 aromatic carbocycles. The first-order chi connectivity index (χ1) is 11.6. The lowest BCUT2D eigenvalue weighted by Crippen LogP contribution is -2.26. The lowest BCUT2D eigenvalue weighted by molar-refractivity contribution is 0.308. The molecule has 130 valence electrons. The molecule has 3 N–H and O–H groups in total. The molecule has 3 heteroatoms. The average molecular weight is 326 g/mol. The Labute approximate surface area is 146 Å². The number of anilines is 1. The Hall–Kier alpha value is -2.00. The van der Waals surface area contributed by atoms with Crippen molar-refractivity contribution in [2.75, 3.05) is 12.3 Å². The molecule has 0 spiro atoms. The number of benzene rings is 2. The van der Waals surface area contributed by atoms with Crippen molar-refractivity contribution in [3.05, 3.63) is 59.2 Å². The van der Waals surface area contributed by atoms with Crippen LogP contribution in [-0.4, -0.2) is 12.6 Å². The molecule has 1 unspecified atom stereocenters. The van der Waals surface area contributed by atoms with Crippen molar-refractivity contribution in [2.45, 2.75) is 52.7 Å². The highest BCUT2D eigenvalue weighted by Gasteiger charge is 2.04. The first-order valence-electron chi connectivity index (χ1n) is 8.88. The van der Waals surface area contributed by atoms with Gasteiger partial charge in [0, 0.05) is 6.04 Å². The zero-order valence-corrected chi connectivity index (χ0v) is 15.1. The Balaban J connectivity index is 1.83. The Kier molecular flexibility index (Phi) is 7.13. The standard InChI is InChI=1S/C21H30N2O/c1-4-17(3)23-12-6-9-18-10-11-21(20(22)14-18)24-15-19-8-5-7-16(2)13-19/h5,7-8,10-11,13-14,17,23H,4,6,9,12,15,22H2,1-3H3. The predicted octanol–water partition coefficient (Wildman–Crippen LogP) is 4.48. The molecule has 2 rings (SSSR count). The molecular formula is C21H30N2O. The second-order valence-electron chi connectivity index (χ2n) is 6.52. The van der Waals surface area contributed by atoms with Crippen LogP contribution in [0.3, 0.4) is 0 Å². The monoisotopic (exact) mass is 326 g/mol. The lowest BCUT2D eigenvalue weighted by atomic mass is 10.1. The SMILES string of the molecule is CCC(C)NCCCc1ccc(OCc2cccc(C)c2)c(N)c1. The topological polar surface area (TPSA) is 47.3 Å². The molecule has 0 aromatic heterocycles. The minimum atomic E-state index is 0.546. The third-order valence-electron chi connectivity index (χ3n) is 4.30. The van der Waals surface area contributed by atoms with Crippen LogP contribution in [0.2, 0.25) is 0 Å². The van der Waals surface area contributed by atoms with Crippen LogP contribution >= 0.6 is 0 Å². The molecule has 1 atom stereocenters. The predicted molar refractivity (Wildman–Crippen MR) is 102 cm³/mol. The number of nitrogen functional groups attached to an aromatic ring is 1. The van der Waals surface area contributed by atoms with Gasteiger partial charge in [-0.1, -0.05) is 42.8 Å². The van der Waals surface area contributed by atoms with E-state index in [2.05, 4.69) is 50.4 Å². The van der Waals surface area contributed by atoms with E-state index in [1.54, 1.807) is 0 Å². The maximum Gasteiger partial charge on any atom is 0.142 e. The van der Waals surface area contributed by atoms with Crippen molar-refractivity contribution in [3.8, 4) is 5.75 Å². The summed E-state index contributed by atoms with van der Waals surface area (Å²) in [6.07, 6.45) is 3.32. The summed E-state index contributed by atoms with van der Waals surface area (Å²) in [5.41, 5.74) is 10.5. The van der Waals surface area contributed by atoms with E-state index in [4.69, 9.17) is 10.5 Å². The maximum absolute atomic E-state index is 6.15. The van der Waals surface area contributed by atoms with Gasteiger partial charge in [-0.2, -0.15) is 0 Å². The molecule has 0 aliphatic rings. The highest BCUT2D eigenvalue weighted by atomic mass is 16.5. The summed E-state index contributed by atoms with van der Waals surface area (Å²) >= 11 is 0. The molecule has 2 aromatic rings. The summed E-state index contributed by atoms with van der Waals surface area (Å²) < 4.78 is 5.87. The maximum atomic E-state index is 6.15. The van der Waals surface area contributed by atoms with Gasteiger partial charge in [-0.05, 0) is 62.9 Å². The average Bonchev–Trinajstić information content (AvgIpc) is 2.57. The van der Waals surface area contributed by atoms with Gasteiger partial charge in [0.25, 0.3) is 0 Å². The fraction of sp³-hybridized carbons (Fsp3) is 0.429. The van der Waals surface area contributed by atoms with Gasteiger partial charge in [-0.25, -0.2) is 0 Å². The first-order valence-corrected chi connectivity index (χ1v) is 8.88. The third kappa shape index (κ3) is 5.89. The number of hydrogen-bond acceptors (Lipinski definition) is 3. The molecule has 0 heterocycles. The van der Waals surface area contributed by atoms with Crippen LogP contribution < -0.4 is 15.8 Å². The van der Waals surface area contributed by atoms with Gasteiger partial charge in [-0.15, -0.1) is 0 Å². The Morgan fingerprint density at radius 2 is 1.96 bits per heavy atom. The minimum absolute atomic E-state index is 0.546. The van der Waals surface area contributed by atoms with Crippen LogP contribution in [0.1, 0.15) is 43.4 Å². The molecule has 0 amide bonds. The number of rotatable bonds is 9. The number of ether oxygens (including phenoxy) is 1. The van der Waals surface area contributed by atoms with Crippen molar-refractivity contribution in [1.29, 1.82) is 0 Å².